The Balaban J connectivity index is 2.20. The third-order valence-electron chi connectivity index (χ3n) is 2.67. The van der Waals surface area contributed by atoms with Gasteiger partial charge in [0.25, 0.3) is 0 Å². The number of thiazole rings is 1. The van der Waals surface area contributed by atoms with Crippen molar-refractivity contribution in [2.24, 2.45) is 0 Å². The van der Waals surface area contributed by atoms with Crippen molar-refractivity contribution in [3.05, 3.63) is 39.7 Å². The molecule has 0 amide bonds. The lowest BCUT2D eigenvalue weighted by Gasteiger charge is -1.96. The van der Waals surface area contributed by atoms with Crippen molar-refractivity contribution in [2.45, 2.75) is 19.8 Å². The molecule has 3 rings (SSSR count). The molecule has 0 fully saturated rings. The van der Waals surface area contributed by atoms with E-state index in [2.05, 4.69) is 36.2 Å². The Hall–Kier alpha value is -1.15. The van der Waals surface area contributed by atoms with Crippen molar-refractivity contribution in [2.75, 3.05) is 0 Å². The van der Waals surface area contributed by atoms with Gasteiger partial charge in [0.05, 0.1) is 10.7 Å². The summed E-state index contributed by atoms with van der Waals surface area (Å²) in [5, 5.41) is 1.27. The fourth-order valence-electron chi connectivity index (χ4n) is 1.96. The van der Waals surface area contributed by atoms with Gasteiger partial charge in [0.2, 0.25) is 0 Å². The van der Waals surface area contributed by atoms with Gasteiger partial charge in [-0.1, -0.05) is 31.2 Å². The third-order valence-corrected chi connectivity index (χ3v) is 3.87. The van der Waals surface area contributed by atoms with Crippen LogP contribution >= 0.6 is 11.3 Å². The van der Waals surface area contributed by atoms with Gasteiger partial charge in [0.1, 0.15) is 0 Å². The summed E-state index contributed by atoms with van der Waals surface area (Å²) in [6.45, 7) is 2.17. The summed E-state index contributed by atoms with van der Waals surface area (Å²) in [5.41, 5.74) is 4.02. The first-order valence-corrected chi connectivity index (χ1v) is 5.77. The van der Waals surface area contributed by atoms with Crippen LogP contribution in [0.25, 0.3) is 11.3 Å². The lowest BCUT2D eigenvalue weighted by atomic mass is 10.1. The number of fused-ring (bicyclic) bond motifs is 3. The molecule has 14 heavy (non-hydrogen) atoms. The lowest BCUT2D eigenvalue weighted by molar-refractivity contribution is 1.10. The number of benzene rings is 1. The number of hydrogen-bond donors (Lipinski definition) is 0. The zero-order chi connectivity index (χ0) is 9.54. The Kier molecular flexibility index (Phi) is 1.71. The molecule has 0 spiro atoms. The number of rotatable bonds is 1. The summed E-state index contributed by atoms with van der Waals surface area (Å²) in [4.78, 5) is 6.12. The molecule has 0 aliphatic heterocycles. The van der Waals surface area contributed by atoms with Gasteiger partial charge in [-0.15, -0.1) is 11.3 Å². The van der Waals surface area contributed by atoms with Gasteiger partial charge in [-0.25, -0.2) is 4.98 Å². The van der Waals surface area contributed by atoms with Crippen molar-refractivity contribution in [3.8, 4) is 11.3 Å². The van der Waals surface area contributed by atoms with E-state index < -0.39 is 0 Å². The fourth-order valence-corrected chi connectivity index (χ4v) is 3.01. The van der Waals surface area contributed by atoms with Crippen LogP contribution in [-0.2, 0) is 12.8 Å². The maximum atomic E-state index is 4.67. The first kappa shape index (κ1) is 8.18. The molecule has 70 valence electrons. The highest BCUT2D eigenvalue weighted by atomic mass is 32.1. The third kappa shape index (κ3) is 1.04. The van der Waals surface area contributed by atoms with E-state index in [0.29, 0.717) is 0 Å². The summed E-state index contributed by atoms with van der Waals surface area (Å²) in [7, 11) is 0. The monoisotopic (exact) mass is 201 g/mol. The number of aromatic nitrogens is 1. The highest BCUT2D eigenvalue weighted by Gasteiger charge is 2.21. The Labute approximate surface area is 87.4 Å². The zero-order valence-corrected chi connectivity index (χ0v) is 8.90. The first-order chi connectivity index (χ1) is 6.88. The normalized spacial score (nSPS) is 12.6. The number of aryl methyl sites for hydroxylation is 1. The minimum atomic E-state index is 1.06. The van der Waals surface area contributed by atoms with E-state index in [9.17, 15) is 0 Å². The van der Waals surface area contributed by atoms with Crippen molar-refractivity contribution < 1.29 is 0 Å². The second kappa shape index (κ2) is 2.92. The van der Waals surface area contributed by atoms with Crippen LogP contribution in [0.4, 0.5) is 0 Å². The van der Waals surface area contributed by atoms with Crippen molar-refractivity contribution in [3.63, 3.8) is 0 Å². The predicted octanol–water partition coefficient (Wildman–Crippen LogP) is 3.28. The maximum absolute atomic E-state index is 4.67. The van der Waals surface area contributed by atoms with Crippen LogP contribution < -0.4 is 0 Å². The standard InChI is InChI=1S/C12H11NS/c1-2-11-13-12-9-6-4-3-5-8(9)7-10(12)14-11/h3-6H,2,7H2,1H3. The zero-order valence-electron chi connectivity index (χ0n) is 8.08. The van der Waals surface area contributed by atoms with Crippen LogP contribution in [0.1, 0.15) is 22.4 Å². The van der Waals surface area contributed by atoms with Crippen molar-refractivity contribution in [1.82, 2.24) is 4.98 Å². The van der Waals surface area contributed by atoms with Gasteiger partial charge in [-0.2, -0.15) is 0 Å². The molecule has 1 aromatic heterocycles. The average Bonchev–Trinajstić information content (AvgIpc) is 2.73. The summed E-state index contributed by atoms with van der Waals surface area (Å²) in [5.74, 6) is 0. The molecule has 0 N–H and O–H groups in total. The van der Waals surface area contributed by atoms with E-state index in [1.807, 2.05) is 11.3 Å². The van der Waals surface area contributed by atoms with Gasteiger partial charge in [-0.3, -0.25) is 0 Å². The van der Waals surface area contributed by atoms with E-state index >= 15 is 0 Å². The topological polar surface area (TPSA) is 12.9 Å². The lowest BCUT2D eigenvalue weighted by Crippen LogP contribution is -1.81. The fraction of sp³-hybridized carbons (Fsp3) is 0.250. The SMILES string of the molecule is CCc1nc2c(s1)Cc1ccccc1-2. The van der Waals surface area contributed by atoms with E-state index in [1.54, 1.807) is 0 Å². The summed E-state index contributed by atoms with van der Waals surface area (Å²) in [6.07, 6.45) is 2.14. The molecule has 0 saturated carbocycles. The molecule has 0 unspecified atom stereocenters. The highest BCUT2D eigenvalue weighted by Crippen LogP contribution is 2.39. The minimum Gasteiger partial charge on any atom is -0.241 e. The second-order valence-corrected chi connectivity index (χ2v) is 4.74. The second-order valence-electron chi connectivity index (χ2n) is 3.57. The van der Waals surface area contributed by atoms with Crippen molar-refractivity contribution in [1.29, 1.82) is 0 Å². The van der Waals surface area contributed by atoms with Gasteiger partial charge < -0.3 is 0 Å². The molecule has 1 heterocycles. The largest absolute Gasteiger partial charge is 0.241 e. The molecule has 1 nitrogen and oxygen atoms in total. The molecule has 1 aromatic carbocycles. The van der Waals surface area contributed by atoms with Gasteiger partial charge in [0.15, 0.2) is 0 Å². The van der Waals surface area contributed by atoms with Crippen LogP contribution in [0.15, 0.2) is 24.3 Å². The molecule has 2 heteroatoms. The van der Waals surface area contributed by atoms with E-state index in [1.165, 1.54) is 26.7 Å². The summed E-state index contributed by atoms with van der Waals surface area (Å²) < 4.78 is 0. The molecule has 0 bridgehead atoms. The Morgan fingerprint density at radius 3 is 3.07 bits per heavy atom. The van der Waals surface area contributed by atoms with Gasteiger partial charge >= 0.3 is 0 Å². The van der Waals surface area contributed by atoms with Crippen LogP contribution in [0.5, 0.6) is 0 Å². The highest BCUT2D eigenvalue weighted by molar-refractivity contribution is 7.12. The molecule has 1 aliphatic carbocycles. The van der Waals surface area contributed by atoms with Crippen LogP contribution in [0, 0.1) is 0 Å². The summed E-state index contributed by atoms with van der Waals surface area (Å²) >= 11 is 1.87. The Morgan fingerprint density at radius 2 is 2.21 bits per heavy atom. The molecule has 0 atom stereocenters. The average molecular weight is 201 g/mol. The van der Waals surface area contributed by atoms with Gasteiger partial charge in [0, 0.05) is 16.9 Å². The first-order valence-electron chi connectivity index (χ1n) is 4.95. The Morgan fingerprint density at radius 1 is 1.36 bits per heavy atom. The quantitative estimate of drug-likeness (QED) is 0.589. The van der Waals surface area contributed by atoms with E-state index in [4.69, 9.17) is 0 Å². The van der Waals surface area contributed by atoms with Crippen molar-refractivity contribution >= 4 is 11.3 Å². The minimum absolute atomic E-state index is 1.06. The molecular formula is C12H11NS. The molecule has 2 aromatic rings. The molecule has 1 aliphatic rings. The van der Waals surface area contributed by atoms with Crippen LogP contribution in [0.2, 0.25) is 0 Å². The molecular weight excluding hydrogens is 190 g/mol. The predicted molar refractivity (Wildman–Crippen MR) is 59.7 cm³/mol. The van der Waals surface area contributed by atoms with Crippen LogP contribution in [-0.4, -0.2) is 4.98 Å². The van der Waals surface area contributed by atoms with Crippen LogP contribution in [0.3, 0.4) is 0 Å². The maximum Gasteiger partial charge on any atom is 0.0932 e. The smallest absolute Gasteiger partial charge is 0.0932 e. The number of nitrogens with zero attached hydrogens (tertiary/aromatic N) is 1. The summed E-state index contributed by atoms with van der Waals surface area (Å²) in [6, 6.07) is 8.59. The molecule has 0 saturated heterocycles. The molecule has 0 radical (unpaired) electrons. The number of hydrogen-bond acceptors (Lipinski definition) is 2. The Bertz CT molecular complexity index is 485. The van der Waals surface area contributed by atoms with E-state index in [0.717, 1.165) is 12.8 Å². The van der Waals surface area contributed by atoms with E-state index in [-0.39, 0.29) is 0 Å². The van der Waals surface area contributed by atoms with Gasteiger partial charge in [-0.05, 0) is 12.0 Å².